The number of likely N-dealkylation sites (tertiary alicyclic amines) is 1. The molecule has 0 aromatic heterocycles. The van der Waals surface area contributed by atoms with Gasteiger partial charge in [-0.15, -0.1) is 0 Å². The number of hydrogen-bond acceptors (Lipinski definition) is 6. The van der Waals surface area contributed by atoms with E-state index in [4.69, 9.17) is 14.5 Å². The zero-order valence-electron chi connectivity index (χ0n) is 21.9. The summed E-state index contributed by atoms with van der Waals surface area (Å²) in [6.07, 6.45) is 2.23. The molecule has 2 aromatic carbocycles. The van der Waals surface area contributed by atoms with E-state index in [0.717, 1.165) is 12.8 Å². The van der Waals surface area contributed by atoms with Gasteiger partial charge in [-0.05, 0) is 63.1 Å². The van der Waals surface area contributed by atoms with E-state index in [0.29, 0.717) is 53.6 Å². The minimum atomic E-state index is -1.50. The Morgan fingerprint density at radius 3 is 2.65 bits per heavy atom. The summed E-state index contributed by atoms with van der Waals surface area (Å²) < 4.78 is 26.5. The van der Waals surface area contributed by atoms with E-state index in [9.17, 15) is 14.0 Å². The number of benzene rings is 2. The van der Waals surface area contributed by atoms with Crippen LogP contribution in [0.25, 0.3) is 0 Å². The van der Waals surface area contributed by atoms with Gasteiger partial charge in [0.05, 0.1) is 18.7 Å². The smallest absolute Gasteiger partial charge is 0.254 e. The zero-order valence-corrected chi connectivity index (χ0v) is 21.9. The van der Waals surface area contributed by atoms with E-state index in [1.54, 1.807) is 31.1 Å². The Kier molecular flexibility index (Phi) is 6.22. The second-order valence-electron chi connectivity index (χ2n) is 10.7. The van der Waals surface area contributed by atoms with Crippen LogP contribution in [0.4, 0.5) is 10.1 Å². The van der Waals surface area contributed by atoms with Gasteiger partial charge >= 0.3 is 0 Å². The summed E-state index contributed by atoms with van der Waals surface area (Å²) in [7, 11) is 4.96. The first-order valence-corrected chi connectivity index (χ1v) is 12.6. The van der Waals surface area contributed by atoms with Crippen LogP contribution in [0.3, 0.4) is 0 Å². The van der Waals surface area contributed by atoms with Gasteiger partial charge in [-0.2, -0.15) is 0 Å². The van der Waals surface area contributed by atoms with Crippen LogP contribution in [0.2, 0.25) is 0 Å². The standard InChI is InChI=1S/C28H33FN4O4/c1-27(2)16-37-24(31-27)17-9-12-23(36-5)20(14-17)28(19-15-18(29)10-11-21(19)30-26(28)35)33-13-7-6-8-22(33)25(34)32(3)4/h9-12,14-15,22H,6-8,13,16H2,1-5H3,(H,30,35)/t22-,28?/m0/s1. The molecule has 196 valence electrons. The first kappa shape index (κ1) is 25.2. The quantitative estimate of drug-likeness (QED) is 0.668. The summed E-state index contributed by atoms with van der Waals surface area (Å²) in [5.74, 6) is 0.0122. The minimum absolute atomic E-state index is 0.0999. The van der Waals surface area contributed by atoms with E-state index < -0.39 is 17.4 Å². The molecule has 0 radical (unpaired) electrons. The number of nitrogens with one attached hydrogen (secondary N) is 1. The number of anilines is 1. The van der Waals surface area contributed by atoms with Crippen molar-refractivity contribution in [3.8, 4) is 5.75 Å². The lowest BCUT2D eigenvalue weighted by Gasteiger charge is -2.47. The number of aliphatic imine (C=N–C) groups is 1. The first-order valence-electron chi connectivity index (χ1n) is 12.6. The molecular weight excluding hydrogens is 475 g/mol. The molecule has 1 fully saturated rings. The van der Waals surface area contributed by atoms with Crippen molar-refractivity contribution in [3.05, 3.63) is 58.9 Å². The van der Waals surface area contributed by atoms with E-state index in [2.05, 4.69) is 5.32 Å². The fourth-order valence-electron chi connectivity index (χ4n) is 5.71. The van der Waals surface area contributed by atoms with Crippen LogP contribution in [0, 0.1) is 5.82 Å². The number of ether oxygens (including phenoxy) is 2. The fourth-order valence-corrected chi connectivity index (χ4v) is 5.71. The SMILES string of the molecule is COc1ccc(C2=NC(C)(C)CO2)cc1C1(N2CCCC[C@H]2C(=O)N(C)C)C(=O)Nc2ccc(F)cc21. The number of fused-ring (bicyclic) bond motifs is 1. The second kappa shape index (κ2) is 9.13. The molecule has 3 heterocycles. The maximum atomic E-state index is 14.8. The molecule has 0 aliphatic carbocycles. The molecule has 1 saturated heterocycles. The molecule has 0 saturated carbocycles. The molecule has 2 aromatic rings. The molecule has 2 atom stereocenters. The third kappa shape index (κ3) is 4.05. The van der Waals surface area contributed by atoms with Gasteiger partial charge in [-0.3, -0.25) is 14.5 Å². The van der Waals surface area contributed by atoms with Crippen molar-refractivity contribution < 1.29 is 23.5 Å². The molecule has 3 aliphatic rings. The number of likely N-dealkylation sites (N-methyl/N-ethyl adjacent to an activating group) is 1. The van der Waals surface area contributed by atoms with Gasteiger partial charge in [0.25, 0.3) is 5.91 Å². The number of amides is 2. The van der Waals surface area contributed by atoms with Crippen LogP contribution in [0.1, 0.15) is 49.8 Å². The number of carbonyl (C=O) groups is 2. The third-order valence-corrected chi connectivity index (χ3v) is 7.41. The highest BCUT2D eigenvalue weighted by molar-refractivity contribution is 6.09. The van der Waals surface area contributed by atoms with Gasteiger partial charge in [0.1, 0.15) is 18.2 Å². The van der Waals surface area contributed by atoms with Crippen molar-refractivity contribution in [2.24, 2.45) is 4.99 Å². The second-order valence-corrected chi connectivity index (χ2v) is 10.7. The maximum Gasteiger partial charge on any atom is 0.254 e. The van der Waals surface area contributed by atoms with Crippen LogP contribution in [-0.4, -0.2) is 73.4 Å². The Morgan fingerprint density at radius 2 is 1.97 bits per heavy atom. The van der Waals surface area contributed by atoms with Gasteiger partial charge in [-0.1, -0.05) is 6.42 Å². The Labute approximate surface area is 216 Å². The normalized spacial score (nSPS) is 24.6. The van der Waals surface area contributed by atoms with Gasteiger partial charge < -0.3 is 19.7 Å². The van der Waals surface area contributed by atoms with Crippen molar-refractivity contribution in [1.82, 2.24) is 9.80 Å². The van der Waals surface area contributed by atoms with Crippen LogP contribution in [0.5, 0.6) is 5.75 Å². The summed E-state index contributed by atoms with van der Waals surface area (Å²) in [5, 5.41) is 2.96. The number of piperidine rings is 1. The lowest BCUT2D eigenvalue weighted by molar-refractivity contribution is -0.142. The predicted molar refractivity (Wildman–Crippen MR) is 138 cm³/mol. The Hall–Kier alpha value is -3.46. The van der Waals surface area contributed by atoms with Crippen molar-refractivity contribution >= 4 is 23.4 Å². The minimum Gasteiger partial charge on any atom is -0.496 e. The maximum absolute atomic E-state index is 14.8. The Morgan fingerprint density at radius 1 is 1.19 bits per heavy atom. The number of hydrogen-bond donors (Lipinski definition) is 1. The zero-order chi connectivity index (χ0) is 26.5. The molecule has 2 amide bonds. The van der Waals surface area contributed by atoms with Crippen LogP contribution in [-0.2, 0) is 19.9 Å². The number of rotatable bonds is 5. The monoisotopic (exact) mass is 508 g/mol. The molecular formula is C28H33FN4O4. The topological polar surface area (TPSA) is 83.5 Å². The summed E-state index contributed by atoms with van der Waals surface area (Å²) >= 11 is 0. The first-order chi connectivity index (χ1) is 17.6. The fraction of sp³-hybridized carbons (Fsp3) is 0.464. The highest BCUT2D eigenvalue weighted by atomic mass is 19.1. The molecule has 9 heteroatoms. The number of carbonyl (C=O) groups excluding carboxylic acids is 2. The third-order valence-electron chi connectivity index (χ3n) is 7.41. The number of nitrogens with zero attached hydrogens (tertiary/aromatic N) is 3. The van der Waals surface area contributed by atoms with Gasteiger partial charge in [0, 0.05) is 43.0 Å². The Balaban J connectivity index is 1.80. The van der Waals surface area contributed by atoms with Gasteiger partial charge in [0.2, 0.25) is 11.8 Å². The highest BCUT2D eigenvalue weighted by Gasteiger charge is 2.57. The highest BCUT2D eigenvalue weighted by Crippen LogP contribution is 2.51. The molecule has 0 bridgehead atoms. The summed E-state index contributed by atoms with van der Waals surface area (Å²) in [6, 6.07) is 9.17. The van der Waals surface area contributed by atoms with E-state index in [1.807, 2.05) is 30.9 Å². The molecule has 1 unspecified atom stereocenters. The summed E-state index contributed by atoms with van der Waals surface area (Å²) in [4.78, 5) is 35.8. The summed E-state index contributed by atoms with van der Waals surface area (Å²) in [5.41, 5.74) is 0.306. The number of halogens is 1. The molecule has 1 N–H and O–H groups in total. The van der Waals surface area contributed by atoms with E-state index in [-0.39, 0.29) is 17.4 Å². The predicted octanol–water partition coefficient (Wildman–Crippen LogP) is 3.53. The largest absolute Gasteiger partial charge is 0.496 e. The van der Waals surface area contributed by atoms with Crippen molar-refractivity contribution in [2.45, 2.75) is 50.2 Å². The summed E-state index contributed by atoms with van der Waals surface area (Å²) in [6.45, 7) is 4.89. The average Bonchev–Trinajstić information content (AvgIpc) is 3.38. The molecule has 37 heavy (non-hydrogen) atoms. The van der Waals surface area contributed by atoms with E-state index >= 15 is 0 Å². The molecule has 3 aliphatic heterocycles. The van der Waals surface area contributed by atoms with Crippen molar-refractivity contribution in [1.29, 1.82) is 0 Å². The van der Waals surface area contributed by atoms with E-state index in [1.165, 1.54) is 19.2 Å². The molecule has 8 nitrogen and oxygen atoms in total. The lowest BCUT2D eigenvalue weighted by Crippen LogP contribution is -2.61. The number of methoxy groups -OCH3 is 1. The van der Waals surface area contributed by atoms with Gasteiger partial charge in [0.15, 0.2) is 5.54 Å². The molecule has 5 rings (SSSR count). The van der Waals surface area contributed by atoms with Crippen LogP contribution < -0.4 is 10.1 Å². The van der Waals surface area contributed by atoms with Crippen molar-refractivity contribution in [3.63, 3.8) is 0 Å². The van der Waals surface area contributed by atoms with Crippen molar-refractivity contribution in [2.75, 3.05) is 39.7 Å². The molecule has 0 spiro atoms. The lowest BCUT2D eigenvalue weighted by atomic mass is 9.78. The van der Waals surface area contributed by atoms with Crippen LogP contribution >= 0.6 is 0 Å². The Bertz CT molecular complexity index is 1290. The van der Waals surface area contributed by atoms with Crippen LogP contribution in [0.15, 0.2) is 41.4 Å². The van der Waals surface area contributed by atoms with Gasteiger partial charge in [-0.25, -0.2) is 9.38 Å². The average molecular weight is 509 g/mol.